The first-order valence-electron chi connectivity index (χ1n) is 5.04. The van der Waals surface area contributed by atoms with Crippen LogP contribution in [0.5, 0.6) is 5.75 Å². The summed E-state index contributed by atoms with van der Waals surface area (Å²) in [6.45, 7) is 2.02. The van der Waals surface area contributed by atoms with Crippen molar-refractivity contribution in [3.8, 4) is 5.75 Å². The van der Waals surface area contributed by atoms with Crippen molar-refractivity contribution in [1.82, 2.24) is 0 Å². The lowest BCUT2D eigenvalue weighted by Crippen LogP contribution is -2.16. The Hall–Kier alpha value is -1.07. The summed E-state index contributed by atoms with van der Waals surface area (Å²) in [6.07, 6.45) is 1.22. The molecule has 1 N–H and O–H groups in total. The van der Waals surface area contributed by atoms with Crippen LogP contribution in [0.25, 0.3) is 0 Å². The average molecular weight is 244 g/mol. The van der Waals surface area contributed by atoms with Crippen LogP contribution in [-0.2, 0) is 9.84 Å². The highest BCUT2D eigenvalue weighted by Gasteiger charge is 2.08. The summed E-state index contributed by atoms with van der Waals surface area (Å²) in [4.78, 5) is 0.219. The van der Waals surface area contributed by atoms with E-state index in [4.69, 9.17) is 4.74 Å². The summed E-state index contributed by atoms with van der Waals surface area (Å²) < 4.78 is 27.8. The van der Waals surface area contributed by atoms with Crippen LogP contribution >= 0.6 is 0 Å². The highest BCUT2D eigenvalue weighted by molar-refractivity contribution is 7.90. The second-order valence-electron chi connectivity index (χ2n) is 3.62. The molecule has 0 aromatic heterocycles. The van der Waals surface area contributed by atoms with Gasteiger partial charge in [0.1, 0.15) is 12.4 Å². The van der Waals surface area contributed by atoms with Gasteiger partial charge in [0, 0.05) is 6.26 Å². The van der Waals surface area contributed by atoms with Crippen molar-refractivity contribution in [2.45, 2.75) is 24.3 Å². The summed E-state index contributed by atoms with van der Waals surface area (Å²) in [6, 6.07) is 6.25. The first-order chi connectivity index (χ1) is 7.43. The summed E-state index contributed by atoms with van der Waals surface area (Å²) in [5, 5.41) is 9.31. The fourth-order valence-corrected chi connectivity index (χ4v) is 1.76. The first kappa shape index (κ1) is 13.0. The lowest BCUT2D eigenvalue weighted by Gasteiger charge is -2.10. The third kappa shape index (κ3) is 3.83. The lowest BCUT2D eigenvalue weighted by atomic mass is 10.3. The van der Waals surface area contributed by atoms with Crippen LogP contribution in [0, 0.1) is 0 Å². The van der Waals surface area contributed by atoms with Crippen molar-refractivity contribution in [3.05, 3.63) is 24.3 Å². The molecule has 0 fully saturated rings. The topological polar surface area (TPSA) is 63.6 Å². The molecule has 4 nitrogen and oxygen atoms in total. The molecular weight excluding hydrogens is 228 g/mol. The number of sulfone groups is 1. The molecule has 0 aliphatic heterocycles. The standard InChI is InChI=1S/C11H16O4S/c1-3-9(12)8-15-10-5-4-6-11(7-10)16(2,13)14/h4-7,9,12H,3,8H2,1-2H3. The maximum atomic E-state index is 11.3. The summed E-state index contributed by atoms with van der Waals surface area (Å²) in [5.74, 6) is 0.454. The zero-order chi connectivity index (χ0) is 12.2. The van der Waals surface area contributed by atoms with Crippen molar-refractivity contribution >= 4 is 9.84 Å². The summed E-state index contributed by atoms with van der Waals surface area (Å²) in [7, 11) is -3.21. The number of hydrogen-bond donors (Lipinski definition) is 1. The molecule has 0 amide bonds. The van der Waals surface area contributed by atoms with E-state index in [2.05, 4.69) is 0 Å². The van der Waals surface area contributed by atoms with E-state index in [0.29, 0.717) is 12.2 Å². The van der Waals surface area contributed by atoms with Crippen molar-refractivity contribution in [2.24, 2.45) is 0 Å². The molecule has 1 unspecified atom stereocenters. The van der Waals surface area contributed by atoms with Crippen LogP contribution in [0.2, 0.25) is 0 Å². The van der Waals surface area contributed by atoms with Gasteiger partial charge in [0.05, 0.1) is 11.0 Å². The molecule has 0 saturated carbocycles. The van der Waals surface area contributed by atoms with Crippen molar-refractivity contribution < 1.29 is 18.3 Å². The van der Waals surface area contributed by atoms with E-state index in [1.165, 1.54) is 12.1 Å². The van der Waals surface area contributed by atoms with E-state index < -0.39 is 15.9 Å². The smallest absolute Gasteiger partial charge is 0.175 e. The van der Waals surface area contributed by atoms with Gasteiger partial charge in [-0.1, -0.05) is 13.0 Å². The van der Waals surface area contributed by atoms with Gasteiger partial charge in [-0.15, -0.1) is 0 Å². The number of ether oxygens (including phenoxy) is 1. The molecule has 0 spiro atoms. The second-order valence-corrected chi connectivity index (χ2v) is 5.64. The minimum Gasteiger partial charge on any atom is -0.491 e. The van der Waals surface area contributed by atoms with Crippen LogP contribution in [-0.4, -0.2) is 32.5 Å². The fraction of sp³-hybridized carbons (Fsp3) is 0.455. The van der Waals surface area contributed by atoms with Gasteiger partial charge in [-0.2, -0.15) is 0 Å². The highest BCUT2D eigenvalue weighted by atomic mass is 32.2. The molecule has 0 aliphatic carbocycles. The SMILES string of the molecule is CCC(O)COc1cccc(S(C)(=O)=O)c1. The number of benzene rings is 1. The zero-order valence-corrected chi connectivity index (χ0v) is 10.2. The molecular formula is C11H16O4S. The average Bonchev–Trinajstić information content (AvgIpc) is 2.25. The molecule has 0 bridgehead atoms. The van der Waals surface area contributed by atoms with Gasteiger partial charge in [0.15, 0.2) is 9.84 Å². The van der Waals surface area contributed by atoms with E-state index in [0.717, 1.165) is 6.26 Å². The Morgan fingerprint density at radius 1 is 1.44 bits per heavy atom. The van der Waals surface area contributed by atoms with Crippen LogP contribution in [0.1, 0.15) is 13.3 Å². The Bertz CT molecular complexity index is 439. The van der Waals surface area contributed by atoms with Gasteiger partial charge in [-0.05, 0) is 24.6 Å². The van der Waals surface area contributed by atoms with Gasteiger partial charge in [-0.25, -0.2) is 8.42 Å². The van der Waals surface area contributed by atoms with E-state index in [1.807, 2.05) is 6.92 Å². The molecule has 1 rings (SSSR count). The third-order valence-corrected chi connectivity index (χ3v) is 3.26. The normalized spacial score (nSPS) is 13.4. The van der Waals surface area contributed by atoms with Gasteiger partial charge in [-0.3, -0.25) is 0 Å². The molecule has 90 valence electrons. The van der Waals surface area contributed by atoms with E-state index in [9.17, 15) is 13.5 Å². The predicted octanol–water partition coefficient (Wildman–Crippen LogP) is 1.24. The van der Waals surface area contributed by atoms with E-state index >= 15 is 0 Å². The maximum absolute atomic E-state index is 11.3. The quantitative estimate of drug-likeness (QED) is 0.846. The van der Waals surface area contributed by atoms with Gasteiger partial charge in [0.2, 0.25) is 0 Å². The van der Waals surface area contributed by atoms with Crippen molar-refractivity contribution in [2.75, 3.05) is 12.9 Å². The van der Waals surface area contributed by atoms with E-state index in [1.54, 1.807) is 12.1 Å². The van der Waals surface area contributed by atoms with Crippen LogP contribution in [0.4, 0.5) is 0 Å². The second kappa shape index (κ2) is 5.32. The molecule has 1 aromatic rings. The first-order valence-corrected chi connectivity index (χ1v) is 6.93. The molecule has 0 heterocycles. The Kier molecular flexibility index (Phi) is 4.32. The number of hydrogen-bond acceptors (Lipinski definition) is 4. The lowest BCUT2D eigenvalue weighted by molar-refractivity contribution is 0.104. The van der Waals surface area contributed by atoms with Crippen molar-refractivity contribution in [3.63, 3.8) is 0 Å². The fourth-order valence-electron chi connectivity index (χ4n) is 1.10. The van der Waals surface area contributed by atoms with E-state index in [-0.39, 0.29) is 11.5 Å². The molecule has 16 heavy (non-hydrogen) atoms. The molecule has 0 saturated heterocycles. The molecule has 0 radical (unpaired) electrons. The van der Waals surface area contributed by atoms with Gasteiger partial charge >= 0.3 is 0 Å². The van der Waals surface area contributed by atoms with Gasteiger partial charge < -0.3 is 9.84 Å². The third-order valence-electron chi connectivity index (χ3n) is 2.15. The summed E-state index contributed by atoms with van der Waals surface area (Å²) >= 11 is 0. The minimum absolute atomic E-state index is 0.170. The van der Waals surface area contributed by atoms with Crippen LogP contribution < -0.4 is 4.74 Å². The molecule has 0 aliphatic rings. The Labute approximate surface area is 95.8 Å². The highest BCUT2D eigenvalue weighted by Crippen LogP contribution is 2.17. The van der Waals surface area contributed by atoms with Crippen LogP contribution in [0.3, 0.4) is 0 Å². The summed E-state index contributed by atoms with van der Waals surface area (Å²) in [5.41, 5.74) is 0. The Morgan fingerprint density at radius 2 is 2.12 bits per heavy atom. The molecule has 1 aromatic carbocycles. The van der Waals surface area contributed by atoms with Crippen LogP contribution in [0.15, 0.2) is 29.2 Å². The Morgan fingerprint density at radius 3 is 2.69 bits per heavy atom. The minimum atomic E-state index is -3.21. The molecule has 1 atom stereocenters. The maximum Gasteiger partial charge on any atom is 0.175 e. The predicted molar refractivity (Wildman–Crippen MR) is 61.3 cm³/mol. The number of aliphatic hydroxyl groups excluding tert-OH is 1. The monoisotopic (exact) mass is 244 g/mol. The number of rotatable bonds is 5. The van der Waals surface area contributed by atoms with Gasteiger partial charge in [0.25, 0.3) is 0 Å². The molecule has 5 heteroatoms. The Balaban J connectivity index is 2.76. The zero-order valence-electron chi connectivity index (χ0n) is 9.38. The van der Waals surface area contributed by atoms with Crippen molar-refractivity contribution in [1.29, 1.82) is 0 Å². The number of aliphatic hydroxyl groups is 1. The largest absolute Gasteiger partial charge is 0.491 e.